The SMILES string of the molecule is CNc1nc(OC)nc(-c2ccccc2OC(C)C)n1. The zero-order valence-electron chi connectivity index (χ0n) is 12.0. The second-order valence-corrected chi connectivity index (χ2v) is 4.38. The third-order valence-electron chi connectivity index (χ3n) is 2.51. The van der Waals surface area contributed by atoms with Crippen LogP contribution in [0, 0.1) is 0 Å². The van der Waals surface area contributed by atoms with E-state index in [0.717, 1.165) is 11.3 Å². The molecule has 0 bridgehead atoms. The van der Waals surface area contributed by atoms with Gasteiger partial charge in [-0.1, -0.05) is 12.1 Å². The lowest BCUT2D eigenvalue weighted by Crippen LogP contribution is -2.08. The number of nitrogens with zero attached hydrogens (tertiary/aromatic N) is 3. The number of anilines is 1. The van der Waals surface area contributed by atoms with E-state index < -0.39 is 0 Å². The van der Waals surface area contributed by atoms with Crippen LogP contribution >= 0.6 is 0 Å². The maximum atomic E-state index is 5.79. The van der Waals surface area contributed by atoms with Crippen LogP contribution in [0.2, 0.25) is 0 Å². The third kappa shape index (κ3) is 3.14. The second-order valence-electron chi connectivity index (χ2n) is 4.38. The number of hydrogen-bond acceptors (Lipinski definition) is 6. The molecule has 0 saturated heterocycles. The summed E-state index contributed by atoms with van der Waals surface area (Å²) >= 11 is 0. The van der Waals surface area contributed by atoms with Crippen molar-refractivity contribution in [2.45, 2.75) is 20.0 Å². The van der Waals surface area contributed by atoms with Crippen LogP contribution in [0.1, 0.15) is 13.8 Å². The fourth-order valence-electron chi connectivity index (χ4n) is 1.69. The molecule has 0 aliphatic carbocycles. The zero-order chi connectivity index (χ0) is 14.5. The molecule has 1 aromatic heterocycles. The summed E-state index contributed by atoms with van der Waals surface area (Å²) in [5, 5.41) is 2.89. The standard InChI is InChI=1S/C14H18N4O2/c1-9(2)20-11-8-6-5-7-10(11)12-16-13(15-3)18-14(17-12)19-4/h5-9H,1-4H3,(H,15,16,17,18). The van der Waals surface area contributed by atoms with E-state index in [0.29, 0.717) is 11.8 Å². The first-order valence-corrected chi connectivity index (χ1v) is 6.38. The fraction of sp³-hybridized carbons (Fsp3) is 0.357. The smallest absolute Gasteiger partial charge is 0.321 e. The summed E-state index contributed by atoms with van der Waals surface area (Å²) in [6.07, 6.45) is 0.0728. The van der Waals surface area contributed by atoms with Gasteiger partial charge in [0.2, 0.25) is 5.95 Å². The van der Waals surface area contributed by atoms with E-state index in [9.17, 15) is 0 Å². The lowest BCUT2D eigenvalue weighted by Gasteiger charge is -2.13. The molecule has 0 spiro atoms. The topological polar surface area (TPSA) is 69.2 Å². The van der Waals surface area contributed by atoms with E-state index >= 15 is 0 Å². The van der Waals surface area contributed by atoms with Gasteiger partial charge in [-0.3, -0.25) is 0 Å². The van der Waals surface area contributed by atoms with E-state index in [1.165, 1.54) is 7.11 Å². The molecule has 0 radical (unpaired) electrons. The monoisotopic (exact) mass is 274 g/mol. The molecule has 0 fully saturated rings. The van der Waals surface area contributed by atoms with Crippen molar-refractivity contribution in [2.75, 3.05) is 19.5 Å². The summed E-state index contributed by atoms with van der Waals surface area (Å²) in [6.45, 7) is 3.95. The van der Waals surface area contributed by atoms with Crippen LogP contribution in [0.5, 0.6) is 11.8 Å². The van der Waals surface area contributed by atoms with E-state index in [2.05, 4.69) is 20.3 Å². The largest absolute Gasteiger partial charge is 0.490 e. The third-order valence-corrected chi connectivity index (χ3v) is 2.51. The van der Waals surface area contributed by atoms with Crippen molar-refractivity contribution in [1.29, 1.82) is 0 Å². The number of methoxy groups -OCH3 is 1. The summed E-state index contributed by atoms with van der Waals surface area (Å²) in [5.41, 5.74) is 0.804. The molecule has 2 aromatic rings. The highest BCUT2D eigenvalue weighted by Crippen LogP contribution is 2.29. The first-order chi connectivity index (χ1) is 9.63. The minimum absolute atomic E-state index is 0.0728. The van der Waals surface area contributed by atoms with Crippen molar-refractivity contribution < 1.29 is 9.47 Å². The molecule has 0 aliphatic heterocycles. The van der Waals surface area contributed by atoms with Gasteiger partial charge in [-0.2, -0.15) is 15.0 Å². The molecule has 1 aromatic carbocycles. The number of benzene rings is 1. The number of ether oxygens (including phenoxy) is 2. The first kappa shape index (κ1) is 14.0. The van der Waals surface area contributed by atoms with Crippen LogP contribution in [0.4, 0.5) is 5.95 Å². The number of nitrogens with one attached hydrogen (secondary N) is 1. The Balaban J connectivity index is 2.50. The molecule has 0 unspecified atom stereocenters. The summed E-state index contributed by atoms with van der Waals surface area (Å²) in [7, 11) is 3.27. The van der Waals surface area contributed by atoms with Crippen molar-refractivity contribution in [3.05, 3.63) is 24.3 Å². The summed E-state index contributed by atoms with van der Waals surface area (Å²) < 4.78 is 10.9. The molecule has 0 amide bonds. The Morgan fingerprint density at radius 1 is 1.10 bits per heavy atom. The van der Waals surface area contributed by atoms with Crippen molar-refractivity contribution in [3.8, 4) is 23.1 Å². The van der Waals surface area contributed by atoms with Gasteiger partial charge in [0.25, 0.3) is 0 Å². The van der Waals surface area contributed by atoms with Crippen LogP contribution < -0.4 is 14.8 Å². The normalized spacial score (nSPS) is 10.4. The molecule has 2 rings (SSSR count). The second kappa shape index (κ2) is 6.18. The molecule has 6 heteroatoms. The van der Waals surface area contributed by atoms with Gasteiger partial charge in [0, 0.05) is 7.05 Å². The Morgan fingerprint density at radius 2 is 1.85 bits per heavy atom. The Hall–Kier alpha value is -2.37. The van der Waals surface area contributed by atoms with Crippen LogP contribution in [0.3, 0.4) is 0 Å². The van der Waals surface area contributed by atoms with Crippen molar-refractivity contribution in [2.24, 2.45) is 0 Å². The van der Waals surface area contributed by atoms with Crippen LogP contribution in [-0.4, -0.2) is 35.2 Å². The van der Waals surface area contributed by atoms with Crippen LogP contribution in [-0.2, 0) is 0 Å². The number of aromatic nitrogens is 3. The van der Waals surface area contributed by atoms with Gasteiger partial charge in [0.1, 0.15) is 5.75 Å². The lowest BCUT2D eigenvalue weighted by molar-refractivity contribution is 0.243. The van der Waals surface area contributed by atoms with Crippen molar-refractivity contribution in [1.82, 2.24) is 15.0 Å². The fourth-order valence-corrected chi connectivity index (χ4v) is 1.69. The van der Waals surface area contributed by atoms with E-state index in [1.807, 2.05) is 38.1 Å². The Kier molecular flexibility index (Phi) is 4.34. The maximum Gasteiger partial charge on any atom is 0.321 e. The van der Waals surface area contributed by atoms with Gasteiger partial charge in [-0.25, -0.2) is 0 Å². The molecule has 1 heterocycles. The molecule has 1 N–H and O–H groups in total. The Bertz CT molecular complexity index is 565. The predicted octanol–water partition coefficient (Wildman–Crippen LogP) is 2.38. The van der Waals surface area contributed by atoms with Crippen molar-refractivity contribution >= 4 is 5.95 Å². The molecule has 0 saturated carbocycles. The minimum atomic E-state index is 0.0728. The number of rotatable bonds is 5. The molecule has 0 aliphatic rings. The molecular weight excluding hydrogens is 256 g/mol. The first-order valence-electron chi connectivity index (χ1n) is 6.38. The van der Waals surface area contributed by atoms with Gasteiger partial charge in [-0.15, -0.1) is 0 Å². The molecular formula is C14H18N4O2. The summed E-state index contributed by atoms with van der Waals surface area (Å²) in [6, 6.07) is 7.89. The average Bonchev–Trinajstić information content (AvgIpc) is 2.46. The van der Waals surface area contributed by atoms with Crippen molar-refractivity contribution in [3.63, 3.8) is 0 Å². The van der Waals surface area contributed by atoms with Gasteiger partial charge < -0.3 is 14.8 Å². The van der Waals surface area contributed by atoms with Gasteiger partial charge in [0.15, 0.2) is 5.82 Å². The molecule has 106 valence electrons. The predicted molar refractivity (Wildman–Crippen MR) is 77.1 cm³/mol. The highest BCUT2D eigenvalue weighted by Gasteiger charge is 2.13. The Morgan fingerprint density at radius 3 is 2.50 bits per heavy atom. The number of para-hydroxylation sites is 1. The van der Waals surface area contributed by atoms with Crippen LogP contribution in [0.25, 0.3) is 11.4 Å². The van der Waals surface area contributed by atoms with Gasteiger partial charge in [0.05, 0.1) is 18.8 Å². The van der Waals surface area contributed by atoms with Gasteiger partial charge in [-0.05, 0) is 26.0 Å². The van der Waals surface area contributed by atoms with Crippen LogP contribution in [0.15, 0.2) is 24.3 Å². The van der Waals surface area contributed by atoms with E-state index in [1.54, 1.807) is 7.05 Å². The van der Waals surface area contributed by atoms with Gasteiger partial charge >= 0.3 is 6.01 Å². The highest BCUT2D eigenvalue weighted by molar-refractivity contribution is 5.65. The van der Waals surface area contributed by atoms with E-state index in [-0.39, 0.29) is 12.1 Å². The van der Waals surface area contributed by atoms with E-state index in [4.69, 9.17) is 9.47 Å². The Labute approximate surface area is 118 Å². The number of hydrogen-bond donors (Lipinski definition) is 1. The molecule has 0 atom stereocenters. The minimum Gasteiger partial charge on any atom is -0.490 e. The lowest BCUT2D eigenvalue weighted by atomic mass is 10.2. The summed E-state index contributed by atoms with van der Waals surface area (Å²) in [5.74, 6) is 1.70. The summed E-state index contributed by atoms with van der Waals surface area (Å²) in [4.78, 5) is 12.7. The molecule has 6 nitrogen and oxygen atoms in total. The zero-order valence-corrected chi connectivity index (χ0v) is 12.0. The maximum absolute atomic E-state index is 5.79. The highest BCUT2D eigenvalue weighted by atomic mass is 16.5. The average molecular weight is 274 g/mol. The quantitative estimate of drug-likeness (QED) is 0.902. The molecule has 20 heavy (non-hydrogen) atoms.